The molecule has 0 aliphatic rings. The van der Waals surface area contributed by atoms with Crippen LogP contribution in [0.3, 0.4) is 0 Å². The van der Waals surface area contributed by atoms with E-state index in [9.17, 15) is 4.79 Å². The topological polar surface area (TPSA) is 38.3 Å². The molecule has 3 nitrogen and oxygen atoms in total. The summed E-state index contributed by atoms with van der Waals surface area (Å²) in [5, 5.41) is 2.70. The molecule has 82 valence electrons. The fourth-order valence-corrected chi connectivity index (χ4v) is 1.39. The van der Waals surface area contributed by atoms with Gasteiger partial charge in [0, 0.05) is 6.54 Å². The third-order valence-corrected chi connectivity index (χ3v) is 2.31. The molecule has 1 N–H and O–H groups in total. The Bertz CT molecular complexity index is 352. The second kappa shape index (κ2) is 5.61. The van der Waals surface area contributed by atoms with Crippen molar-refractivity contribution in [3.63, 3.8) is 0 Å². The van der Waals surface area contributed by atoms with Crippen LogP contribution in [0.25, 0.3) is 0 Å². The number of benzene rings is 1. The second-order valence-electron chi connectivity index (χ2n) is 3.21. The van der Waals surface area contributed by atoms with Crippen molar-refractivity contribution in [3.05, 3.63) is 29.3 Å². The molecule has 0 radical (unpaired) electrons. The fraction of sp³-hybridized carbons (Fsp3) is 0.364. The van der Waals surface area contributed by atoms with Crippen molar-refractivity contribution in [2.75, 3.05) is 13.0 Å². The minimum Gasteiger partial charge on any atom is -0.496 e. The SMILES string of the molecule is COc1ccc(CNC(=O)CCl)cc1C. The number of aryl methyl sites for hydroxylation is 1. The zero-order chi connectivity index (χ0) is 11.3. The fourth-order valence-electron chi connectivity index (χ4n) is 1.30. The molecule has 0 saturated heterocycles. The van der Waals surface area contributed by atoms with Gasteiger partial charge in [-0.1, -0.05) is 12.1 Å². The number of halogens is 1. The van der Waals surface area contributed by atoms with Crippen molar-refractivity contribution >= 4 is 17.5 Å². The lowest BCUT2D eigenvalue weighted by atomic mass is 10.1. The average Bonchev–Trinajstić information content (AvgIpc) is 2.26. The molecule has 15 heavy (non-hydrogen) atoms. The van der Waals surface area contributed by atoms with Gasteiger partial charge in [-0.15, -0.1) is 11.6 Å². The van der Waals surface area contributed by atoms with Crippen LogP contribution in [-0.2, 0) is 11.3 Å². The van der Waals surface area contributed by atoms with Gasteiger partial charge in [0.1, 0.15) is 11.6 Å². The molecule has 0 fully saturated rings. The van der Waals surface area contributed by atoms with Crippen LogP contribution in [0.5, 0.6) is 5.75 Å². The maximum Gasteiger partial charge on any atom is 0.235 e. The number of alkyl halides is 1. The van der Waals surface area contributed by atoms with Gasteiger partial charge < -0.3 is 10.1 Å². The van der Waals surface area contributed by atoms with Crippen molar-refractivity contribution < 1.29 is 9.53 Å². The molecule has 0 spiro atoms. The van der Waals surface area contributed by atoms with E-state index in [4.69, 9.17) is 16.3 Å². The van der Waals surface area contributed by atoms with E-state index in [1.165, 1.54) is 0 Å². The Morgan fingerprint density at radius 3 is 2.80 bits per heavy atom. The van der Waals surface area contributed by atoms with Crippen molar-refractivity contribution in [1.82, 2.24) is 5.32 Å². The second-order valence-corrected chi connectivity index (χ2v) is 3.48. The zero-order valence-electron chi connectivity index (χ0n) is 8.84. The molecule has 0 bridgehead atoms. The van der Waals surface area contributed by atoms with E-state index in [1.807, 2.05) is 25.1 Å². The number of hydrogen-bond acceptors (Lipinski definition) is 2. The number of ether oxygens (including phenoxy) is 1. The summed E-state index contributed by atoms with van der Waals surface area (Å²) in [6.07, 6.45) is 0. The molecule has 0 heterocycles. The average molecular weight is 228 g/mol. The van der Waals surface area contributed by atoms with Crippen LogP contribution in [-0.4, -0.2) is 18.9 Å². The molecular formula is C11H14ClNO2. The minimum atomic E-state index is -0.162. The normalized spacial score (nSPS) is 9.80. The van der Waals surface area contributed by atoms with Gasteiger partial charge in [-0.25, -0.2) is 0 Å². The van der Waals surface area contributed by atoms with Crippen molar-refractivity contribution in [1.29, 1.82) is 0 Å². The molecule has 0 aliphatic carbocycles. The third kappa shape index (κ3) is 3.44. The predicted octanol–water partition coefficient (Wildman–Crippen LogP) is 1.86. The number of nitrogens with one attached hydrogen (secondary N) is 1. The maximum atomic E-state index is 10.9. The van der Waals surface area contributed by atoms with E-state index in [-0.39, 0.29) is 11.8 Å². The Morgan fingerprint density at radius 1 is 1.53 bits per heavy atom. The largest absolute Gasteiger partial charge is 0.496 e. The molecular weight excluding hydrogens is 214 g/mol. The van der Waals surface area contributed by atoms with Crippen molar-refractivity contribution in [2.24, 2.45) is 0 Å². The lowest BCUT2D eigenvalue weighted by molar-refractivity contribution is -0.118. The first-order valence-corrected chi connectivity index (χ1v) is 5.17. The molecule has 1 aromatic rings. The van der Waals surface area contributed by atoms with Crippen LogP contribution in [0.15, 0.2) is 18.2 Å². The van der Waals surface area contributed by atoms with Gasteiger partial charge in [0.25, 0.3) is 0 Å². The number of methoxy groups -OCH3 is 1. The van der Waals surface area contributed by atoms with Gasteiger partial charge in [-0.05, 0) is 24.1 Å². The van der Waals surface area contributed by atoms with Gasteiger partial charge in [0.05, 0.1) is 7.11 Å². The summed E-state index contributed by atoms with van der Waals surface area (Å²) in [5.41, 5.74) is 2.09. The predicted molar refractivity (Wildman–Crippen MR) is 60.3 cm³/mol. The Kier molecular flexibility index (Phi) is 4.43. The Morgan fingerprint density at radius 2 is 2.27 bits per heavy atom. The highest BCUT2D eigenvalue weighted by atomic mass is 35.5. The Labute approximate surface area is 94.4 Å². The van der Waals surface area contributed by atoms with Gasteiger partial charge in [-0.3, -0.25) is 4.79 Å². The van der Waals surface area contributed by atoms with Gasteiger partial charge >= 0.3 is 0 Å². The quantitative estimate of drug-likeness (QED) is 0.798. The van der Waals surface area contributed by atoms with Gasteiger partial charge in [0.15, 0.2) is 0 Å². The molecule has 1 rings (SSSR count). The molecule has 0 aliphatic heterocycles. The summed E-state index contributed by atoms with van der Waals surface area (Å²) in [6.45, 7) is 2.46. The lowest BCUT2D eigenvalue weighted by Crippen LogP contribution is -2.23. The molecule has 0 atom stereocenters. The zero-order valence-corrected chi connectivity index (χ0v) is 9.60. The Balaban J connectivity index is 2.63. The van der Waals surface area contributed by atoms with Crippen LogP contribution in [0, 0.1) is 6.92 Å². The van der Waals surface area contributed by atoms with Crippen LogP contribution in [0.2, 0.25) is 0 Å². The molecule has 1 aromatic carbocycles. The number of hydrogen-bond donors (Lipinski definition) is 1. The van der Waals surface area contributed by atoms with Crippen LogP contribution in [0.1, 0.15) is 11.1 Å². The molecule has 0 saturated carbocycles. The minimum absolute atomic E-state index is 0.00482. The standard InChI is InChI=1S/C11H14ClNO2/c1-8-5-9(3-4-10(8)15-2)7-13-11(14)6-12/h3-5H,6-7H2,1-2H3,(H,13,14). The molecule has 1 amide bonds. The number of rotatable bonds is 4. The van der Waals surface area contributed by atoms with E-state index in [0.717, 1.165) is 16.9 Å². The summed E-state index contributed by atoms with van der Waals surface area (Å²) < 4.78 is 5.14. The van der Waals surface area contributed by atoms with Crippen molar-refractivity contribution in [2.45, 2.75) is 13.5 Å². The first kappa shape index (κ1) is 11.9. The monoisotopic (exact) mass is 227 g/mol. The van der Waals surface area contributed by atoms with Gasteiger partial charge in [-0.2, -0.15) is 0 Å². The summed E-state index contributed by atoms with van der Waals surface area (Å²) in [5.74, 6) is 0.683. The van der Waals surface area contributed by atoms with E-state index >= 15 is 0 Å². The highest BCUT2D eigenvalue weighted by molar-refractivity contribution is 6.27. The Hall–Kier alpha value is -1.22. The number of carbonyl (C=O) groups excluding carboxylic acids is 1. The number of amides is 1. The summed E-state index contributed by atoms with van der Waals surface area (Å²) in [7, 11) is 1.64. The third-order valence-electron chi connectivity index (χ3n) is 2.07. The van der Waals surface area contributed by atoms with Crippen LogP contribution < -0.4 is 10.1 Å². The van der Waals surface area contributed by atoms with Crippen molar-refractivity contribution in [3.8, 4) is 5.75 Å². The summed E-state index contributed by atoms with van der Waals surface area (Å²) >= 11 is 5.37. The molecule has 0 aromatic heterocycles. The summed E-state index contributed by atoms with van der Waals surface area (Å²) in [4.78, 5) is 10.9. The first-order valence-electron chi connectivity index (χ1n) is 4.63. The summed E-state index contributed by atoms with van der Waals surface area (Å²) in [6, 6.07) is 5.78. The highest BCUT2D eigenvalue weighted by Gasteiger charge is 2.01. The maximum absolute atomic E-state index is 10.9. The van der Waals surface area contributed by atoms with Gasteiger partial charge in [0.2, 0.25) is 5.91 Å². The molecule has 0 unspecified atom stereocenters. The van der Waals surface area contributed by atoms with E-state index < -0.39 is 0 Å². The first-order chi connectivity index (χ1) is 7.17. The van der Waals surface area contributed by atoms with E-state index in [0.29, 0.717) is 6.54 Å². The smallest absolute Gasteiger partial charge is 0.235 e. The van der Waals surface area contributed by atoms with E-state index in [1.54, 1.807) is 7.11 Å². The van der Waals surface area contributed by atoms with Crippen LogP contribution >= 0.6 is 11.6 Å². The molecule has 4 heteroatoms. The highest BCUT2D eigenvalue weighted by Crippen LogP contribution is 2.18. The number of carbonyl (C=O) groups is 1. The van der Waals surface area contributed by atoms with Crippen LogP contribution in [0.4, 0.5) is 0 Å². The lowest BCUT2D eigenvalue weighted by Gasteiger charge is -2.07. The van der Waals surface area contributed by atoms with E-state index in [2.05, 4.69) is 5.32 Å².